The van der Waals surface area contributed by atoms with Crippen LogP contribution in [0.2, 0.25) is 0 Å². The van der Waals surface area contributed by atoms with Crippen molar-refractivity contribution in [2.75, 3.05) is 0 Å². The summed E-state index contributed by atoms with van der Waals surface area (Å²) in [4.78, 5) is 13.2. The molecule has 0 fully saturated rings. The number of fused-ring (bicyclic) bond motifs is 1. The minimum absolute atomic E-state index is 0.300. The average molecular weight is 542 g/mol. The third-order valence-corrected chi connectivity index (χ3v) is 7.75. The van der Waals surface area contributed by atoms with Gasteiger partial charge in [0.1, 0.15) is 0 Å². The Hall–Kier alpha value is 0.290. The molecule has 0 saturated heterocycles. The minimum Gasteiger partial charge on any atom is -0.293 e. The summed E-state index contributed by atoms with van der Waals surface area (Å²) in [5.41, 5.74) is 0. The molecule has 158 valence electrons. The van der Waals surface area contributed by atoms with Crippen molar-refractivity contribution in [2.45, 2.75) is 99.8 Å². The highest BCUT2D eigenvalue weighted by molar-refractivity contribution is 9.12. The Morgan fingerprint density at radius 3 is 1.85 bits per heavy atom. The zero-order valence-electron chi connectivity index (χ0n) is 18.2. The van der Waals surface area contributed by atoms with Crippen LogP contribution in [-0.4, -0.2) is 5.78 Å². The van der Waals surface area contributed by atoms with E-state index in [-0.39, 0.29) is 0 Å². The van der Waals surface area contributed by atoms with Crippen LogP contribution >= 0.6 is 54.5 Å². The third kappa shape index (κ3) is 11.2. The Morgan fingerprint density at radius 2 is 1.33 bits per heavy atom. The van der Waals surface area contributed by atoms with E-state index in [2.05, 4.69) is 38.8 Å². The standard InChI is InChI=1S/C16H20Br2OS2.3C2H6/c1-2-3-4-5-6-7-8-9-12(19)13-10-11-14(20-13)16(18)21-15(11)17;3*1-2/h10H,2-9H2,1H3;3*1-2H3. The van der Waals surface area contributed by atoms with Gasteiger partial charge in [-0.3, -0.25) is 4.79 Å². The molecule has 0 aliphatic rings. The largest absolute Gasteiger partial charge is 0.293 e. The molecule has 0 spiro atoms. The van der Waals surface area contributed by atoms with Crippen molar-refractivity contribution in [3.8, 4) is 0 Å². The number of thiophene rings is 2. The van der Waals surface area contributed by atoms with Crippen LogP contribution < -0.4 is 0 Å². The molecule has 2 heterocycles. The first kappa shape index (κ1) is 29.5. The first-order chi connectivity index (χ1) is 13.1. The third-order valence-electron chi connectivity index (χ3n) is 3.58. The molecular weight excluding hydrogens is 504 g/mol. The predicted octanol–water partition coefficient (Wildman–Crippen LogP) is 10.9. The summed E-state index contributed by atoms with van der Waals surface area (Å²) in [7, 11) is 0. The predicted molar refractivity (Wildman–Crippen MR) is 136 cm³/mol. The molecule has 0 amide bonds. The molecule has 27 heavy (non-hydrogen) atoms. The van der Waals surface area contributed by atoms with E-state index in [1.54, 1.807) is 22.7 Å². The molecule has 0 aliphatic carbocycles. The highest BCUT2D eigenvalue weighted by atomic mass is 79.9. The average Bonchev–Trinajstić information content (AvgIpc) is 3.27. The monoisotopic (exact) mass is 540 g/mol. The first-order valence-electron chi connectivity index (χ1n) is 10.5. The van der Waals surface area contributed by atoms with Crippen molar-refractivity contribution in [3.63, 3.8) is 0 Å². The van der Waals surface area contributed by atoms with Gasteiger partial charge in [0.05, 0.1) is 17.1 Å². The van der Waals surface area contributed by atoms with Crippen LogP contribution in [0.3, 0.4) is 0 Å². The lowest BCUT2D eigenvalue weighted by atomic mass is 10.1. The van der Waals surface area contributed by atoms with E-state index in [0.717, 1.165) is 18.9 Å². The van der Waals surface area contributed by atoms with Crippen LogP contribution in [0.5, 0.6) is 0 Å². The van der Waals surface area contributed by atoms with E-state index in [4.69, 9.17) is 0 Å². The minimum atomic E-state index is 0.300. The number of unbranched alkanes of at least 4 members (excludes halogenated alkanes) is 6. The lowest BCUT2D eigenvalue weighted by Gasteiger charge is -2.00. The molecule has 0 radical (unpaired) electrons. The zero-order chi connectivity index (χ0) is 21.2. The summed E-state index contributed by atoms with van der Waals surface area (Å²) >= 11 is 10.4. The van der Waals surface area contributed by atoms with Gasteiger partial charge in [-0.1, -0.05) is 87.0 Å². The van der Waals surface area contributed by atoms with Crippen molar-refractivity contribution < 1.29 is 4.79 Å². The number of halogens is 2. The molecule has 0 atom stereocenters. The van der Waals surface area contributed by atoms with Gasteiger partial charge < -0.3 is 0 Å². The molecule has 1 nitrogen and oxygen atoms in total. The van der Waals surface area contributed by atoms with Crippen LogP contribution in [0.25, 0.3) is 10.1 Å². The van der Waals surface area contributed by atoms with Gasteiger partial charge in [0.15, 0.2) is 5.78 Å². The Morgan fingerprint density at radius 1 is 0.815 bits per heavy atom. The summed E-state index contributed by atoms with van der Waals surface area (Å²) in [6, 6.07) is 2.04. The Kier molecular flexibility index (Phi) is 21.4. The maximum absolute atomic E-state index is 12.3. The summed E-state index contributed by atoms with van der Waals surface area (Å²) < 4.78 is 3.41. The summed E-state index contributed by atoms with van der Waals surface area (Å²) in [6.07, 6.45) is 9.45. The van der Waals surface area contributed by atoms with E-state index >= 15 is 0 Å². The van der Waals surface area contributed by atoms with Crippen LogP contribution in [0, 0.1) is 0 Å². The first-order valence-corrected chi connectivity index (χ1v) is 13.8. The molecule has 0 aliphatic heterocycles. The Balaban J connectivity index is 0. The van der Waals surface area contributed by atoms with Crippen molar-refractivity contribution in [1.82, 2.24) is 0 Å². The number of carbonyl (C=O) groups is 1. The van der Waals surface area contributed by atoms with E-state index in [1.807, 2.05) is 47.6 Å². The van der Waals surface area contributed by atoms with Gasteiger partial charge in [-0.05, 0) is 44.3 Å². The number of rotatable bonds is 9. The van der Waals surface area contributed by atoms with Crippen molar-refractivity contribution in [1.29, 1.82) is 0 Å². The topological polar surface area (TPSA) is 17.1 Å². The molecule has 2 rings (SSSR count). The Bertz CT molecular complexity index is 568. The highest BCUT2D eigenvalue weighted by Gasteiger charge is 2.15. The Labute approximate surface area is 192 Å². The fourth-order valence-electron chi connectivity index (χ4n) is 2.37. The van der Waals surface area contributed by atoms with E-state index in [1.165, 1.54) is 48.6 Å². The molecule has 0 saturated carbocycles. The van der Waals surface area contributed by atoms with Gasteiger partial charge in [0, 0.05) is 11.8 Å². The molecule has 0 N–H and O–H groups in total. The van der Waals surface area contributed by atoms with Crippen molar-refractivity contribution in [2.24, 2.45) is 0 Å². The van der Waals surface area contributed by atoms with Gasteiger partial charge in [-0.2, -0.15) is 0 Å². The van der Waals surface area contributed by atoms with E-state index in [0.29, 0.717) is 12.2 Å². The van der Waals surface area contributed by atoms with Crippen molar-refractivity contribution in [3.05, 3.63) is 18.5 Å². The number of Topliss-reactive ketones (excluding diaryl/α,β-unsaturated/α-hetero) is 1. The van der Waals surface area contributed by atoms with Gasteiger partial charge in [-0.15, -0.1) is 22.7 Å². The maximum Gasteiger partial charge on any atom is 0.172 e. The SMILES string of the molecule is CC.CC.CC.CCCCCCCCCC(=O)c1cc2c(Br)sc(Br)c2s1. The van der Waals surface area contributed by atoms with Gasteiger partial charge in [0.25, 0.3) is 0 Å². The van der Waals surface area contributed by atoms with Crippen LogP contribution in [0.15, 0.2) is 13.6 Å². The van der Waals surface area contributed by atoms with Gasteiger partial charge in [-0.25, -0.2) is 0 Å². The molecule has 0 bridgehead atoms. The van der Waals surface area contributed by atoms with Crippen LogP contribution in [0.4, 0.5) is 0 Å². The molecule has 5 heteroatoms. The highest BCUT2D eigenvalue weighted by Crippen LogP contribution is 2.43. The second kappa shape index (κ2) is 19.6. The molecular formula is C22H38Br2OS2. The zero-order valence-corrected chi connectivity index (χ0v) is 23.0. The van der Waals surface area contributed by atoms with Crippen molar-refractivity contribution >= 4 is 70.4 Å². The summed E-state index contributed by atoms with van der Waals surface area (Å²) in [6.45, 7) is 14.2. The second-order valence-electron chi connectivity index (χ2n) is 5.30. The van der Waals surface area contributed by atoms with Gasteiger partial charge >= 0.3 is 0 Å². The lowest BCUT2D eigenvalue weighted by Crippen LogP contribution is -1.95. The normalized spacial score (nSPS) is 9.52. The smallest absolute Gasteiger partial charge is 0.172 e. The van der Waals surface area contributed by atoms with Crippen LogP contribution in [0.1, 0.15) is 110 Å². The molecule has 2 aromatic heterocycles. The maximum atomic E-state index is 12.3. The summed E-state index contributed by atoms with van der Waals surface area (Å²) in [5, 5.41) is 1.17. The van der Waals surface area contributed by atoms with E-state index < -0.39 is 0 Å². The quantitative estimate of drug-likeness (QED) is 0.228. The van der Waals surface area contributed by atoms with E-state index in [9.17, 15) is 4.79 Å². The lowest BCUT2D eigenvalue weighted by molar-refractivity contribution is 0.0983. The number of hydrogen-bond acceptors (Lipinski definition) is 3. The summed E-state index contributed by atoms with van der Waals surface area (Å²) in [5.74, 6) is 0.300. The number of hydrogen-bond donors (Lipinski definition) is 0. The van der Waals surface area contributed by atoms with Gasteiger partial charge in [0.2, 0.25) is 0 Å². The molecule has 2 aromatic rings. The molecule has 0 aromatic carbocycles. The second-order valence-corrected chi connectivity index (χ2v) is 10.0. The van der Waals surface area contributed by atoms with Crippen LogP contribution in [-0.2, 0) is 0 Å². The number of carbonyl (C=O) groups excluding carboxylic acids is 1. The molecule has 0 unspecified atom stereocenters. The fourth-order valence-corrected chi connectivity index (χ4v) is 6.80. The fraction of sp³-hybridized carbons (Fsp3) is 0.682. The number of ketones is 1.